The minimum absolute atomic E-state index is 0.495. The summed E-state index contributed by atoms with van der Waals surface area (Å²) >= 11 is 1.32. The van der Waals surface area contributed by atoms with E-state index in [0.717, 1.165) is 18.7 Å². The molecule has 0 bridgehead atoms. The van der Waals surface area contributed by atoms with Gasteiger partial charge < -0.3 is 5.11 Å². The quantitative estimate of drug-likeness (QED) is 0.836. The summed E-state index contributed by atoms with van der Waals surface area (Å²) in [5, 5.41) is 10.8. The molecule has 2 rings (SSSR count). The lowest BCUT2D eigenvalue weighted by atomic mass is 10.2. The van der Waals surface area contributed by atoms with Crippen LogP contribution in [0.25, 0.3) is 0 Å². The van der Waals surface area contributed by atoms with Gasteiger partial charge in [-0.3, -0.25) is 4.90 Å². The second-order valence-electron chi connectivity index (χ2n) is 3.87. The zero-order chi connectivity index (χ0) is 10.8. The molecular formula is C11H15NO2S. The molecule has 15 heavy (non-hydrogen) atoms. The molecule has 0 atom stereocenters. The van der Waals surface area contributed by atoms with E-state index in [1.807, 2.05) is 11.4 Å². The maximum absolute atomic E-state index is 10.9. The normalized spacial score (nSPS) is 15.9. The van der Waals surface area contributed by atoms with Crippen molar-refractivity contribution in [3.63, 3.8) is 0 Å². The molecule has 1 saturated carbocycles. The standard InChI is InChI=1S/C11H15NO2S/c1-2-12(9-3-4-9)7-8-5-6-15-10(8)11(13)14/h5-6,9H,2-4,7H2,1H3,(H,13,14). The lowest BCUT2D eigenvalue weighted by Gasteiger charge is -2.19. The van der Waals surface area contributed by atoms with Crippen LogP contribution in [0.3, 0.4) is 0 Å². The van der Waals surface area contributed by atoms with E-state index in [0.29, 0.717) is 10.9 Å². The van der Waals surface area contributed by atoms with Crippen LogP contribution in [0.5, 0.6) is 0 Å². The highest BCUT2D eigenvalue weighted by Gasteiger charge is 2.28. The highest BCUT2D eigenvalue weighted by molar-refractivity contribution is 7.12. The Labute approximate surface area is 93.3 Å². The van der Waals surface area contributed by atoms with E-state index in [1.54, 1.807) is 0 Å². The van der Waals surface area contributed by atoms with Crippen molar-refractivity contribution in [2.45, 2.75) is 32.4 Å². The molecule has 0 spiro atoms. The molecule has 82 valence electrons. The fourth-order valence-electron chi connectivity index (χ4n) is 1.81. The van der Waals surface area contributed by atoms with E-state index in [4.69, 9.17) is 5.11 Å². The van der Waals surface area contributed by atoms with Crippen molar-refractivity contribution < 1.29 is 9.90 Å². The SMILES string of the molecule is CCN(Cc1ccsc1C(=O)O)C1CC1. The minimum atomic E-state index is -0.799. The number of thiophene rings is 1. The largest absolute Gasteiger partial charge is 0.477 e. The minimum Gasteiger partial charge on any atom is -0.477 e. The first-order valence-electron chi connectivity index (χ1n) is 5.26. The maximum Gasteiger partial charge on any atom is 0.346 e. The van der Waals surface area contributed by atoms with Crippen LogP contribution in [0.1, 0.15) is 35.0 Å². The highest BCUT2D eigenvalue weighted by atomic mass is 32.1. The van der Waals surface area contributed by atoms with Gasteiger partial charge in [0.25, 0.3) is 0 Å². The molecule has 3 nitrogen and oxygen atoms in total. The predicted octanol–water partition coefficient (Wildman–Crippen LogP) is 2.43. The number of aromatic carboxylic acids is 1. The molecule has 1 heterocycles. The molecular weight excluding hydrogens is 210 g/mol. The number of nitrogens with zero attached hydrogens (tertiary/aromatic N) is 1. The number of carboxylic acid groups (broad SMARTS) is 1. The second kappa shape index (κ2) is 4.33. The van der Waals surface area contributed by atoms with Crippen molar-refractivity contribution in [1.29, 1.82) is 0 Å². The van der Waals surface area contributed by atoms with Crippen LogP contribution in [0, 0.1) is 0 Å². The Kier molecular flexibility index (Phi) is 3.07. The molecule has 0 aliphatic heterocycles. The number of hydrogen-bond acceptors (Lipinski definition) is 3. The lowest BCUT2D eigenvalue weighted by molar-refractivity contribution is 0.0700. The molecule has 0 amide bonds. The van der Waals surface area contributed by atoms with Crippen LogP contribution in [-0.2, 0) is 6.54 Å². The number of carbonyl (C=O) groups is 1. The molecule has 1 aliphatic rings. The molecule has 1 aliphatic carbocycles. The van der Waals surface area contributed by atoms with Gasteiger partial charge in [0, 0.05) is 12.6 Å². The molecule has 0 saturated heterocycles. The van der Waals surface area contributed by atoms with Crippen LogP contribution in [0.2, 0.25) is 0 Å². The zero-order valence-corrected chi connectivity index (χ0v) is 9.59. The first kappa shape index (κ1) is 10.6. The van der Waals surface area contributed by atoms with Crippen molar-refractivity contribution >= 4 is 17.3 Å². The van der Waals surface area contributed by atoms with E-state index in [9.17, 15) is 4.79 Å². The third-order valence-corrected chi connectivity index (χ3v) is 3.73. The summed E-state index contributed by atoms with van der Waals surface area (Å²) in [7, 11) is 0. The molecule has 0 radical (unpaired) electrons. The highest BCUT2D eigenvalue weighted by Crippen LogP contribution is 2.29. The average molecular weight is 225 g/mol. The molecule has 1 aromatic rings. The first-order chi connectivity index (χ1) is 7.22. The van der Waals surface area contributed by atoms with Crippen molar-refractivity contribution in [2.75, 3.05) is 6.54 Å². The van der Waals surface area contributed by atoms with Crippen molar-refractivity contribution in [2.24, 2.45) is 0 Å². The van der Waals surface area contributed by atoms with Gasteiger partial charge in [0.1, 0.15) is 4.88 Å². The fourth-order valence-corrected chi connectivity index (χ4v) is 2.56. The molecule has 1 aromatic heterocycles. The Hall–Kier alpha value is -0.870. The fraction of sp³-hybridized carbons (Fsp3) is 0.545. The van der Waals surface area contributed by atoms with Crippen molar-refractivity contribution in [3.05, 3.63) is 21.9 Å². The summed E-state index contributed by atoms with van der Waals surface area (Å²) in [6, 6.07) is 2.62. The Balaban J connectivity index is 2.08. The van der Waals surface area contributed by atoms with Crippen molar-refractivity contribution in [1.82, 2.24) is 4.90 Å². The van der Waals surface area contributed by atoms with Gasteiger partial charge in [-0.1, -0.05) is 6.92 Å². The van der Waals surface area contributed by atoms with Gasteiger partial charge in [-0.25, -0.2) is 4.79 Å². The van der Waals surface area contributed by atoms with Crippen LogP contribution in [0.4, 0.5) is 0 Å². The summed E-state index contributed by atoms with van der Waals surface area (Å²) in [5.74, 6) is -0.799. The van der Waals surface area contributed by atoms with E-state index in [2.05, 4.69) is 11.8 Å². The van der Waals surface area contributed by atoms with Gasteiger partial charge in [0.15, 0.2) is 0 Å². The van der Waals surface area contributed by atoms with E-state index in [1.165, 1.54) is 24.2 Å². The molecule has 4 heteroatoms. The number of hydrogen-bond donors (Lipinski definition) is 1. The van der Waals surface area contributed by atoms with Gasteiger partial charge >= 0.3 is 5.97 Å². The summed E-state index contributed by atoms with van der Waals surface area (Å²) in [4.78, 5) is 13.8. The molecule has 0 aromatic carbocycles. The second-order valence-corrected chi connectivity index (χ2v) is 4.79. The van der Waals surface area contributed by atoms with E-state index in [-0.39, 0.29) is 0 Å². The summed E-state index contributed by atoms with van der Waals surface area (Å²) in [5.41, 5.74) is 0.959. The third kappa shape index (κ3) is 2.38. The number of rotatable bonds is 5. The zero-order valence-electron chi connectivity index (χ0n) is 8.77. The van der Waals surface area contributed by atoms with Gasteiger partial charge in [0.2, 0.25) is 0 Å². The Morgan fingerprint density at radius 2 is 2.40 bits per heavy atom. The van der Waals surface area contributed by atoms with Gasteiger partial charge in [-0.15, -0.1) is 11.3 Å². The monoisotopic (exact) mass is 225 g/mol. The van der Waals surface area contributed by atoms with E-state index < -0.39 is 5.97 Å². The maximum atomic E-state index is 10.9. The summed E-state index contributed by atoms with van der Waals surface area (Å²) in [6.45, 7) is 3.91. The Morgan fingerprint density at radius 3 is 2.93 bits per heavy atom. The molecule has 0 unspecified atom stereocenters. The summed E-state index contributed by atoms with van der Waals surface area (Å²) in [6.07, 6.45) is 2.53. The van der Waals surface area contributed by atoms with Crippen LogP contribution >= 0.6 is 11.3 Å². The smallest absolute Gasteiger partial charge is 0.346 e. The van der Waals surface area contributed by atoms with Crippen LogP contribution in [-0.4, -0.2) is 28.6 Å². The molecule has 1 fully saturated rings. The summed E-state index contributed by atoms with van der Waals surface area (Å²) < 4.78 is 0. The number of carboxylic acids is 1. The van der Waals surface area contributed by atoms with Crippen LogP contribution < -0.4 is 0 Å². The lowest BCUT2D eigenvalue weighted by Crippen LogP contribution is -2.25. The Morgan fingerprint density at radius 1 is 1.67 bits per heavy atom. The van der Waals surface area contributed by atoms with Gasteiger partial charge in [-0.2, -0.15) is 0 Å². The van der Waals surface area contributed by atoms with Gasteiger partial charge in [-0.05, 0) is 36.4 Å². The average Bonchev–Trinajstić information content (AvgIpc) is 2.93. The first-order valence-corrected chi connectivity index (χ1v) is 6.14. The van der Waals surface area contributed by atoms with Gasteiger partial charge in [0.05, 0.1) is 0 Å². The van der Waals surface area contributed by atoms with Crippen LogP contribution in [0.15, 0.2) is 11.4 Å². The van der Waals surface area contributed by atoms with Crippen molar-refractivity contribution in [3.8, 4) is 0 Å². The third-order valence-electron chi connectivity index (χ3n) is 2.78. The Bertz CT molecular complexity index is 357. The van der Waals surface area contributed by atoms with E-state index >= 15 is 0 Å². The molecule has 1 N–H and O–H groups in total. The topological polar surface area (TPSA) is 40.5 Å². The predicted molar refractivity (Wildman–Crippen MR) is 60.4 cm³/mol.